The first-order valence-corrected chi connectivity index (χ1v) is 5.45. The SMILES string of the molecule is COC(=O)c1ccc(C(=O)/C=C/C(C)C)cc1. The number of hydrogen-bond donors (Lipinski definition) is 0. The van der Waals surface area contributed by atoms with E-state index < -0.39 is 5.97 Å². The third-order valence-corrected chi connectivity index (χ3v) is 2.22. The van der Waals surface area contributed by atoms with E-state index in [2.05, 4.69) is 4.74 Å². The molecule has 3 heteroatoms. The summed E-state index contributed by atoms with van der Waals surface area (Å²) in [5, 5.41) is 0. The van der Waals surface area contributed by atoms with E-state index in [0.29, 0.717) is 17.0 Å². The Morgan fingerprint density at radius 1 is 1.12 bits per heavy atom. The van der Waals surface area contributed by atoms with Crippen LogP contribution in [0.3, 0.4) is 0 Å². The molecular formula is C14H16O3. The number of hydrogen-bond acceptors (Lipinski definition) is 3. The zero-order valence-corrected chi connectivity index (χ0v) is 10.3. The van der Waals surface area contributed by atoms with Crippen molar-refractivity contribution >= 4 is 11.8 Å². The van der Waals surface area contributed by atoms with Gasteiger partial charge in [0.2, 0.25) is 0 Å². The molecule has 0 aliphatic carbocycles. The first-order valence-electron chi connectivity index (χ1n) is 5.45. The fourth-order valence-corrected chi connectivity index (χ4v) is 1.26. The van der Waals surface area contributed by atoms with Crippen LogP contribution in [0.5, 0.6) is 0 Å². The van der Waals surface area contributed by atoms with E-state index in [1.165, 1.54) is 7.11 Å². The molecule has 0 saturated carbocycles. The van der Waals surface area contributed by atoms with E-state index in [4.69, 9.17) is 0 Å². The van der Waals surface area contributed by atoms with Gasteiger partial charge in [-0.2, -0.15) is 0 Å². The molecule has 17 heavy (non-hydrogen) atoms. The summed E-state index contributed by atoms with van der Waals surface area (Å²) in [6, 6.07) is 6.42. The zero-order valence-electron chi connectivity index (χ0n) is 10.3. The summed E-state index contributed by atoms with van der Waals surface area (Å²) in [4.78, 5) is 22.9. The Balaban J connectivity index is 2.81. The van der Waals surface area contributed by atoms with Gasteiger partial charge in [0.25, 0.3) is 0 Å². The number of allylic oxidation sites excluding steroid dienone is 2. The average molecular weight is 232 g/mol. The molecule has 1 aromatic carbocycles. The van der Waals surface area contributed by atoms with Gasteiger partial charge in [-0.3, -0.25) is 4.79 Å². The summed E-state index contributed by atoms with van der Waals surface area (Å²) in [5.74, 6) is -0.120. The third kappa shape index (κ3) is 3.87. The molecule has 0 radical (unpaired) electrons. The van der Waals surface area contributed by atoms with Gasteiger partial charge in [0.15, 0.2) is 5.78 Å². The molecule has 1 aromatic rings. The number of ether oxygens (including phenoxy) is 1. The van der Waals surface area contributed by atoms with Gasteiger partial charge >= 0.3 is 5.97 Å². The summed E-state index contributed by atoms with van der Waals surface area (Å²) in [6.45, 7) is 4.01. The quantitative estimate of drug-likeness (QED) is 0.455. The van der Waals surface area contributed by atoms with Gasteiger partial charge in [-0.1, -0.05) is 32.1 Å². The largest absolute Gasteiger partial charge is 0.465 e. The second-order valence-electron chi connectivity index (χ2n) is 4.04. The van der Waals surface area contributed by atoms with Crippen molar-refractivity contribution in [2.75, 3.05) is 7.11 Å². The zero-order chi connectivity index (χ0) is 12.8. The molecule has 0 N–H and O–H groups in total. The number of ketones is 1. The Morgan fingerprint density at radius 3 is 2.12 bits per heavy atom. The second-order valence-corrected chi connectivity index (χ2v) is 4.04. The van der Waals surface area contributed by atoms with Crippen LogP contribution in [0.1, 0.15) is 34.6 Å². The lowest BCUT2D eigenvalue weighted by Crippen LogP contribution is -2.02. The predicted molar refractivity (Wildman–Crippen MR) is 66.1 cm³/mol. The van der Waals surface area contributed by atoms with Crippen molar-refractivity contribution in [2.45, 2.75) is 13.8 Å². The van der Waals surface area contributed by atoms with Crippen molar-refractivity contribution in [3.8, 4) is 0 Å². The average Bonchev–Trinajstić information content (AvgIpc) is 2.35. The van der Waals surface area contributed by atoms with Crippen LogP contribution in [0.2, 0.25) is 0 Å². The molecule has 0 atom stereocenters. The monoisotopic (exact) mass is 232 g/mol. The predicted octanol–water partition coefficient (Wildman–Crippen LogP) is 2.87. The van der Waals surface area contributed by atoms with Crippen molar-refractivity contribution in [3.05, 3.63) is 47.5 Å². The van der Waals surface area contributed by atoms with Gasteiger partial charge in [-0.05, 0) is 24.1 Å². The Labute approximate surface area is 101 Å². The minimum atomic E-state index is -0.401. The number of carbonyl (C=O) groups is 2. The van der Waals surface area contributed by atoms with Gasteiger partial charge in [0.1, 0.15) is 0 Å². The molecule has 0 amide bonds. The maximum Gasteiger partial charge on any atom is 0.337 e. The standard InChI is InChI=1S/C14H16O3/c1-10(2)4-9-13(15)11-5-7-12(8-6-11)14(16)17-3/h4-10H,1-3H3/b9-4+. The van der Waals surface area contributed by atoms with E-state index in [-0.39, 0.29) is 5.78 Å². The Morgan fingerprint density at radius 2 is 1.65 bits per heavy atom. The molecule has 0 aliphatic rings. The van der Waals surface area contributed by atoms with Crippen LogP contribution in [0.25, 0.3) is 0 Å². The fraction of sp³-hybridized carbons (Fsp3) is 0.286. The third-order valence-electron chi connectivity index (χ3n) is 2.22. The molecular weight excluding hydrogens is 216 g/mol. The van der Waals surface area contributed by atoms with Crippen LogP contribution >= 0.6 is 0 Å². The van der Waals surface area contributed by atoms with Gasteiger partial charge in [-0.15, -0.1) is 0 Å². The molecule has 0 aliphatic heterocycles. The number of esters is 1. The summed E-state index contributed by atoms with van der Waals surface area (Å²) < 4.78 is 4.58. The van der Waals surface area contributed by atoms with E-state index in [9.17, 15) is 9.59 Å². The lowest BCUT2D eigenvalue weighted by atomic mass is 10.1. The smallest absolute Gasteiger partial charge is 0.337 e. The number of methoxy groups -OCH3 is 1. The highest BCUT2D eigenvalue weighted by atomic mass is 16.5. The highest BCUT2D eigenvalue weighted by Gasteiger charge is 2.06. The van der Waals surface area contributed by atoms with Crippen molar-refractivity contribution in [1.82, 2.24) is 0 Å². The van der Waals surface area contributed by atoms with Gasteiger partial charge < -0.3 is 4.74 Å². The van der Waals surface area contributed by atoms with E-state index in [0.717, 1.165) is 0 Å². The Hall–Kier alpha value is -1.90. The van der Waals surface area contributed by atoms with Crippen LogP contribution < -0.4 is 0 Å². The van der Waals surface area contributed by atoms with Crippen molar-refractivity contribution in [2.24, 2.45) is 5.92 Å². The maximum atomic E-state index is 11.7. The molecule has 0 saturated heterocycles. The Bertz CT molecular complexity index is 427. The highest BCUT2D eigenvalue weighted by Crippen LogP contribution is 2.07. The summed E-state index contributed by atoms with van der Waals surface area (Å²) >= 11 is 0. The van der Waals surface area contributed by atoms with Crippen molar-refractivity contribution in [3.63, 3.8) is 0 Å². The molecule has 90 valence electrons. The topological polar surface area (TPSA) is 43.4 Å². The Kier molecular flexibility index (Phi) is 4.64. The van der Waals surface area contributed by atoms with Crippen molar-refractivity contribution < 1.29 is 14.3 Å². The van der Waals surface area contributed by atoms with Crippen LogP contribution in [0.4, 0.5) is 0 Å². The number of benzene rings is 1. The molecule has 1 rings (SSSR count). The molecule has 3 nitrogen and oxygen atoms in total. The van der Waals surface area contributed by atoms with E-state index in [1.807, 2.05) is 19.9 Å². The normalized spacial score (nSPS) is 10.8. The first-order chi connectivity index (χ1) is 8.04. The first kappa shape index (κ1) is 13.2. The van der Waals surface area contributed by atoms with E-state index >= 15 is 0 Å². The molecule has 0 heterocycles. The molecule has 0 aromatic heterocycles. The molecule has 0 unspecified atom stereocenters. The fourth-order valence-electron chi connectivity index (χ4n) is 1.26. The molecule has 0 fully saturated rings. The summed E-state index contributed by atoms with van der Waals surface area (Å²) in [7, 11) is 1.33. The summed E-state index contributed by atoms with van der Waals surface area (Å²) in [6.07, 6.45) is 3.40. The number of rotatable bonds is 4. The van der Waals surface area contributed by atoms with Crippen LogP contribution in [-0.2, 0) is 4.74 Å². The molecule has 0 spiro atoms. The minimum absolute atomic E-state index is 0.0601. The number of carbonyl (C=O) groups excluding carboxylic acids is 2. The minimum Gasteiger partial charge on any atom is -0.465 e. The highest BCUT2D eigenvalue weighted by molar-refractivity contribution is 6.05. The van der Waals surface area contributed by atoms with Crippen LogP contribution in [-0.4, -0.2) is 18.9 Å². The van der Waals surface area contributed by atoms with Gasteiger partial charge in [-0.25, -0.2) is 4.79 Å². The van der Waals surface area contributed by atoms with Crippen LogP contribution in [0, 0.1) is 5.92 Å². The van der Waals surface area contributed by atoms with Gasteiger partial charge in [0.05, 0.1) is 12.7 Å². The maximum absolute atomic E-state index is 11.7. The summed E-state index contributed by atoms with van der Waals surface area (Å²) in [5.41, 5.74) is 1.01. The van der Waals surface area contributed by atoms with E-state index in [1.54, 1.807) is 30.3 Å². The van der Waals surface area contributed by atoms with Gasteiger partial charge in [0, 0.05) is 5.56 Å². The van der Waals surface area contributed by atoms with Crippen molar-refractivity contribution in [1.29, 1.82) is 0 Å². The lowest BCUT2D eigenvalue weighted by Gasteiger charge is -2.00. The van der Waals surface area contributed by atoms with Crippen LogP contribution in [0.15, 0.2) is 36.4 Å². The second kappa shape index (κ2) is 5.99. The molecule has 0 bridgehead atoms. The lowest BCUT2D eigenvalue weighted by molar-refractivity contribution is 0.0600.